The lowest BCUT2D eigenvalue weighted by molar-refractivity contribution is 0.561. The third-order valence-corrected chi connectivity index (χ3v) is 6.78. The molecule has 0 fully saturated rings. The molecule has 10 heteroatoms. The summed E-state index contributed by atoms with van der Waals surface area (Å²) in [6, 6.07) is 7.87. The predicted molar refractivity (Wildman–Crippen MR) is 95.4 cm³/mol. The van der Waals surface area contributed by atoms with E-state index in [0.29, 0.717) is 0 Å². The van der Waals surface area contributed by atoms with Crippen LogP contribution in [0.1, 0.15) is 22.9 Å². The summed E-state index contributed by atoms with van der Waals surface area (Å²) in [4.78, 5) is -0.660. The molecule has 0 radical (unpaired) electrons. The van der Waals surface area contributed by atoms with E-state index in [-0.39, 0.29) is 15.6 Å². The second kappa shape index (κ2) is 5.96. The highest BCUT2D eigenvalue weighted by molar-refractivity contribution is 7.90. The molecule has 0 aliphatic carbocycles. The van der Waals surface area contributed by atoms with Crippen molar-refractivity contribution >= 4 is 37.3 Å². The first kappa shape index (κ1) is 18.2. The molecule has 2 aromatic carbocycles. The average molecular weight is 402 g/mol. The number of rotatable bonds is 2. The smallest absolute Gasteiger partial charge is 0.244 e. The van der Waals surface area contributed by atoms with E-state index >= 15 is 0 Å². The van der Waals surface area contributed by atoms with Crippen LogP contribution in [0.3, 0.4) is 0 Å². The molecule has 1 aliphatic rings. The summed E-state index contributed by atoms with van der Waals surface area (Å²) in [6.07, 6.45) is -0.700. The molecule has 1 aliphatic heterocycles. The number of benzene rings is 2. The van der Waals surface area contributed by atoms with E-state index in [2.05, 4.69) is 10.0 Å². The zero-order valence-electron chi connectivity index (χ0n) is 13.4. The molecule has 0 saturated carbocycles. The van der Waals surface area contributed by atoms with Crippen molar-refractivity contribution < 1.29 is 16.8 Å². The van der Waals surface area contributed by atoms with Crippen molar-refractivity contribution in [2.75, 3.05) is 5.32 Å². The molecule has 1 heterocycles. The Morgan fingerprint density at radius 1 is 1.16 bits per heavy atom. The first-order chi connectivity index (χ1) is 11.5. The molecule has 25 heavy (non-hydrogen) atoms. The van der Waals surface area contributed by atoms with E-state index < -0.39 is 31.1 Å². The Morgan fingerprint density at radius 3 is 2.44 bits per heavy atom. The Labute approximate surface area is 151 Å². The molecule has 1 atom stereocenters. The maximum atomic E-state index is 12.6. The lowest BCUT2D eigenvalue weighted by Gasteiger charge is -2.29. The van der Waals surface area contributed by atoms with Crippen molar-refractivity contribution in [1.29, 1.82) is 0 Å². The summed E-state index contributed by atoms with van der Waals surface area (Å²) in [5, 5.41) is 7.97. The number of nitrogens with two attached hydrogens (primary N) is 1. The van der Waals surface area contributed by atoms with Crippen LogP contribution in [-0.2, 0) is 20.0 Å². The number of hydrogen-bond donors (Lipinski definition) is 3. The van der Waals surface area contributed by atoms with Crippen LogP contribution in [0, 0.1) is 13.8 Å². The molecule has 7 nitrogen and oxygen atoms in total. The van der Waals surface area contributed by atoms with Crippen molar-refractivity contribution in [3.8, 4) is 0 Å². The number of fused-ring (bicyclic) bond motifs is 1. The molecule has 134 valence electrons. The fourth-order valence-corrected chi connectivity index (χ4v) is 5.26. The second-order valence-electron chi connectivity index (χ2n) is 5.88. The second-order valence-corrected chi connectivity index (χ2v) is 9.50. The van der Waals surface area contributed by atoms with Crippen LogP contribution in [0.5, 0.6) is 0 Å². The van der Waals surface area contributed by atoms with E-state index in [1.807, 2.05) is 32.0 Å². The zero-order chi connectivity index (χ0) is 18.6. The quantitative estimate of drug-likeness (QED) is 0.711. The van der Waals surface area contributed by atoms with Gasteiger partial charge in [-0.25, -0.2) is 22.0 Å². The number of nitrogens with one attached hydrogen (secondary N) is 2. The van der Waals surface area contributed by atoms with Crippen molar-refractivity contribution in [3.63, 3.8) is 0 Å². The van der Waals surface area contributed by atoms with Gasteiger partial charge in [0.15, 0.2) is 0 Å². The number of anilines is 1. The SMILES string of the molecule is Cc1ccc([C@@H]2Nc3cc(Cl)c(S(N)(=O)=O)cc3S(=O)(=O)N2)c(C)c1. The first-order valence-corrected chi connectivity index (χ1v) is 10.6. The minimum Gasteiger partial charge on any atom is -0.364 e. The highest BCUT2D eigenvalue weighted by Gasteiger charge is 2.33. The Hall–Kier alpha value is -1.65. The molecule has 4 N–H and O–H groups in total. The van der Waals surface area contributed by atoms with Crippen LogP contribution in [0.2, 0.25) is 5.02 Å². The van der Waals surface area contributed by atoms with Crippen LogP contribution < -0.4 is 15.2 Å². The number of primary sulfonamides is 1. The Bertz CT molecular complexity index is 1080. The van der Waals surface area contributed by atoms with Gasteiger partial charge >= 0.3 is 0 Å². The van der Waals surface area contributed by atoms with E-state index in [0.717, 1.165) is 22.8 Å². The van der Waals surface area contributed by atoms with Gasteiger partial charge in [-0.3, -0.25) is 0 Å². The van der Waals surface area contributed by atoms with E-state index in [1.165, 1.54) is 6.07 Å². The van der Waals surface area contributed by atoms with Gasteiger partial charge in [-0.15, -0.1) is 0 Å². The zero-order valence-corrected chi connectivity index (χ0v) is 15.8. The van der Waals surface area contributed by atoms with Gasteiger partial charge in [0.1, 0.15) is 16.0 Å². The minimum absolute atomic E-state index is 0.148. The highest BCUT2D eigenvalue weighted by Crippen LogP contribution is 2.36. The summed E-state index contributed by atoms with van der Waals surface area (Å²) < 4.78 is 50.8. The number of hydrogen-bond acceptors (Lipinski definition) is 5. The fraction of sp³-hybridized carbons (Fsp3) is 0.200. The van der Waals surface area contributed by atoms with Gasteiger partial charge in [0.2, 0.25) is 20.0 Å². The standard InChI is InChI=1S/C15H16ClN3O4S2/c1-8-3-4-10(9(2)5-8)15-18-12-6-11(16)13(24(17,20)21)7-14(12)25(22,23)19-15/h3-7,15,18-19H,1-2H3,(H2,17,20,21)/t15-/m1/s1. The lowest BCUT2D eigenvalue weighted by Crippen LogP contribution is -2.38. The van der Waals surface area contributed by atoms with Crippen LogP contribution in [0.15, 0.2) is 40.1 Å². The lowest BCUT2D eigenvalue weighted by atomic mass is 10.0. The third kappa shape index (κ3) is 3.38. The summed E-state index contributed by atoms with van der Waals surface area (Å²) in [6.45, 7) is 3.82. The van der Waals surface area contributed by atoms with Gasteiger partial charge in [-0.1, -0.05) is 35.4 Å². The van der Waals surface area contributed by atoms with Gasteiger partial charge in [0.05, 0.1) is 10.7 Å². The maximum absolute atomic E-state index is 12.6. The van der Waals surface area contributed by atoms with Crippen molar-refractivity contribution in [2.45, 2.75) is 29.8 Å². The van der Waals surface area contributed by atoms with E-state index in [1.54, 1.807) is 0 Å². The fourth-order valence-electron chi connectivity index (χ4n) is 2.78. The number of halogens is 1. The number of sulfonamides is 2. The molecule has 2 aromatic rings. The van der Waals surface area contributed by atoms with Crippen LogP contribution >= 0.6 is 11.6 Å². The molecule has 0 saturated heterocycles. The number of aryl methyl sites for hydroxylation is 2. The van der Waals surface area contributed by atoms with Crippen molar-refractivity contribution in [1.82, 2.24) is 4.72 Å². The molecule has 0 aromatic heterocycles. The van der Waals surface area contributed by atoms with Gasteiger partial charge in [-0.05, 0) is 37.1 Å². The molecular formula is C15H16ClN3O4S2. The predicted octanol–water partition coefficient (Wildman–Crippen LogP) is 2.01. The largest absolute Gasteiger partial charge is 0.364 e. The van der Waals surface area contributed by atoms with Crippen LogP contribution in [-0.4, -0.2) is 16.8 Å². The molecule has 3 rings (SSSR count). The van der Waals surface area contributed by atoms with E-state index in [4.69, 9.17) is 16.7 Å². The van der Waals surface area contributed by atoms with Crippen LogP contribution in [0.25, 0.3) is 0 Å². The van der Waals surface area contributed by atoms with Crippen LogP contribution in [0.4, 0.5) is 5.69 Å². The molecule has 0 bridgehead atoms. The highest BCUT2D eigenvalue weighted by atomic mass is 35.5. The monoisotopic (exact) mass is 401 g/mol. The topological polar surface area (TPSA) is 118 Å². The summed E-state index contributed by atoms with van der Waals surface area (Å²) in [5.41, 5.74) is 2.93. The van der Waals surface area contributed by atoms with Gasteiger partial charge in [0, 0.05) is 0 Å². The van der Waals surface area contributed by atoms with Crippen molar-refractivity contribution in [3.05, 3.63) is 52.0 Å². The molecule has 0 spiro atoms. The third-order valence-electron chi connectivity index (χ3n) is 3.94. The minimum atomic E-state index is -4.15. The normalized spacial score (nSPS) is 19.1. The Kier molecular flexibility index (Phi) is 4.33. The van der Waals surface area contributed by atoms with Gasteiger partial charge in [0.25, 0.3) is 0 Å². The van der Waals surface area contributed by atoms with Gasteiger partial charge in [-0.2, -0.15) is 4.72 Å². The maximum Gasteiger partial charge on any atom is 0.244 e. The average Bonchev–Trinajstić information content (AvgIpc) is 2.44. The molecular weight excluding hydrogens is 386 g/mol. The summed E-state index contributed by atoms with van der Waals surface area (Å²) in [7, 11) is -8.10. The van der Waals surface area contributed by atoms with E-state index in [9.17, 15) is 16.8 Å². The first-order valence-electron chi connectivity index (χ1n) is 7.21. The molecule has 0 amide bonds. The Balaban J connectivity index is 2.14. The molecule has 0 unspecified atom stereocenters. The van der Waals surface area contributed by atoms with Crippen molar-refractivity contribution in [2.24, 2.45) is 5.14 Å². The summed E-state index contributed by atoms with van der Waals surface area (Å²) >= 11 is 5.97. The Morgan fingerprint density at radius 2 is 1.84 bits per heavy atom. The van der Waals surface area contributed by atoms with Gasteiger partial charge < -0.3 is 5.32 Å². The summed E-state index contributed by atoms with van der Waals surface area (Å²) in [5.74, 6) is 0.